The number of thiazole rings is 1. The fourth-order valence-corrected chi connectivity index (χ4v) is 3.76. The summed E-state index contributed by atoms with van der Waals surface area (Å²) in [5.74, 6) is 0.503. The lowest BCUT2D eigenvalue weighted by atomic mass is 10.3. The highest BCUT2D eigenvalue weighted by Gasteiger charge is 2.38. The van der Waals surface area contributed by atoms with Crippen molar-refractivity contribution in [3.63, 3.8) is 0 Å². The summed E-state index contributed by atoms with van der Waals surface area (Å²) >= 11 is 0.622. The van der Waals surface area contributed by atoms with Crippen LogP contribution in [0, 0.1) is 0 Å². The number of para-hydroxylation sites is 2. The maximum atomic E-state index is 13.2. The van der Waals surface area contributed by atoms with E-state index in [1.807, 2.05) is 29.2 Å². The number of alkyl halides is 3. The first-order valence-corrected chi connectivity index (χ1v) is 8.83. The molecule has 9 heteroatoms. The van der Waals surface area contributed by atoms with Crippen molar-refractivity contribution in [3.05, 3.63) is 35.0 Å². The molecule has 2 aliphatic heterocycles. The topological polar surface area (TPSA) is 52.6 Å². The first kappa shape index (κ1) is 16.3. The largest absolute Gasteiger partial charge is 0.443 e. The molecule has 0 aliphatic carbocycles. The molecule has 3 heterocycles. The predicted molar refractivity (Wildman–Crippen MR) is 92.1 cm³/mol. The Bertz CT molecular complexity index is 806. The van der Waals surface area contributed by atoms with Crippen LogP contribution < -0.4 is 10.6 Å². The number of amidine groups is 1. The van der Waals surface area contributed by atoms with Crippen LogP contribution >= 0.6 is 11.3 Å². The van der Waals surface area contributed by atoms with Gasteiger partial charge in [-0.3, -0.25) is 0 Å². The smallest absolute Gasteiger partial charge is 0.353 e. The molecule has 0 atom stereocenters. The van der Waals surface area contributed by atoms with Gasteiger partial charge in [0, 0.05) is 19.6 Å². The number of halogens is 3. The Hall–Kier alpha value is -2.13. The molecule has 2 aromatic rings. The Labute approximate surface area is 146 Å². The number of fused-ring (bicyclic) bond motifs is 2. The number of hydrogen-bond donors (Lipinski definition) is 2. The molecule has 1 aromatic carbocycles. The van der Waals surface area contributed by atoms with E-state index >= 15 is 0 Å². The number of aromatic nitrogens is 1. The Balaban J connectivity index is 1.84. The number of nitrogens with zero attached hydrogens (tertiary/aromatic N) is 3. The van der Waals surface area contributed by atoms with Gasteiger partial charge in [0.05, 0.1) is 11.4 Å². The summed E-state index contributed by atoms with van der Waals surface area (Å²) in [6, 6.07) is 7.34. The first-order chi connectivity index (χ1) is 12.0. The summed E-state index contributed by atoms with van der Waals surface area (Å²) in [4.78, 5) is 10.6. The Kier molecular flexibility index (Phi) is 4.12. The molecule has 0 unspecified atom stereocenters. The van der Waals surface area contributed by atoms with Crippen molar-refractivity contribution in [2.75, 3.05) is 31.5 Å². The number of rotatable bonds is 0. The minimum atomic E-state index is -4.47. The van der Waals surface area contributed by atoms with Crippen LogP contribution in [0.4, 0.5) is 29.5 Å². The minimum absolute atomic E-state index is 0.274. The maximum Gasteiger partial charge on any atom is 0.443 e. The van der Waals surface area contributed by atoms with Crippen molar-refractivity contribution < 1.29 is 13.2 Å². The van der Waals surface area contributed by atoms with E-state index < -0.39 is 11.2 Å². The van der Waals surface area contributed by atoms with E-state index in [4.69, 9.17) is 0 Å². The van der Waals surface area contributed by atoms with Gasteiger partial charge in [-0.1, -0.05) is 23.5 Å². The molecule has 0 saturated carbocycles. The second kappa shape index (κ2) is 6.30. The molecule has 5 nitrogen and oxygen atoms in total. The van der Waals surface area contributed by atoms with Crippen LogP contribution in [0.2, 0.25) is 0 Å². The van der Waals surface area contributed by atoms with Crippen LogP contribution in [0.25, 0.3) is 0 Å². The number of benzene rings is 1. The zero-order valence-corrected chi connectivity index (χ0v) is 14.0. The quantitative estimate of drug-likeness (QED) is 0.747. The number of hydrogen-bond acceptors (Lipinski definition) is 6. The van der Waals surface area contributed by atoms with Crippen molar-refractivity contribution in [3.8, 4) is 0 Å². The highest BCUT2D eigenvalue weighted by Crippen LogP contribution is 2.42. The lowest BCUT2D eigenvalue weighted by Gasteiger charge is -2.22. The van der Waals surface area contributed by atoms with Gasteiger partial charge in [0.15, 0.2) is 5.84 Å². The normalized spacial score (nSPS) is 17.7. The van der Waals surface area contributed by atoms with Gasteiger partial charge < -0.3 is 15.5 Å². The summed E-state index contributed by atoms with van der Waals surface area (Å²) in [6.45, 7) is 3.06. The van der Waals surface area contributed by atoms with Crippen molar-refractivity contribution in [1.29, 1.82) is 0 Å². The second-order valence-corrected chi connectivity index (χ2v) is 6.86. The van der Waals surface area contributed by atoms with E-state index in [0.29, 0.717) is 40.1 Å². The van der Waals surface area contributed by atoms with Gasteiger partial charge in [-0.05, 0) is 25.1 Å². The summed E-state index contributed by atoms with van der Waals surface area (Å²) in [5, 5.41) is 5.90. The van der Waals surface area contributed by atoms with Crippen LogP contribution in [-0.2, 0) is 6.18 Å². The molecule has 1 saturated heterocycles. The Morgan fingerprint density at radius 1 is 1.12 bits per heavy atom. The van der Waals surface area contributed by atoms with Gasteiger partial charge in [0.2, 0.25) is 5.01 Å². The Morgan fingerprint density at radius 2 is 1.96 bits per heavy atom. The molecule has 0 spiro atoms. The molecule has 132 valence electrons. The highest BCUT2D eigenvalue weighted by molar-refractivity contribution is 7.16. The molecule has 2 N–H and O–H groups in total. The van der Waals surface area contributed by atoms with E-state index in [1.54, 1.807) is 0 Å². The van der Waals surface area contributed by atoms with Gasteiger partial charge in [0.25, 0.3) is 0 Å². The molecular weight excluding hydrogens is 351 g/mol. The fourth-order valence-electron chi connectivity index (χ4n) is 2.92. The summed E-state index contributed by atoms with van der Waals surface area (Å²) in [5.41, 5.74) is 1.66. The Morgan fingerprint density at radius 3 is 2.80 bits per heavy atom. The lowest BCUT2D eigenvalue weighted by Crippen LogP contribution is -2.35. The first-order valence-electron chi connectivity index (χ1n) is 8.01. The zero-order chi connectivity index (χ0) is 17.4. The molecule has 4 rings (SSSR count). The predicted octanol–water partition coefficient (Wildman–Crippen LogP) is 3.59. The molecule has 1 aromatic heterocycles. The summed E-state index contributed by atoms with van der Waals surface area (Å²) < 4.78 is 39.5. The SMILES string of the molecule is FC(F)(F)c1nc2c(s1)Nc1ccccc1N=C2N1CCCNCC1. The second-order valence-electron chi connectivity index (χ2n) is 5.86. The van der Waals surface area contributed by atoms with E-state index in [0.717, 1.165) is 26.1 Å². The average Bonchev–Trinajstić information content (AvgIpc) is 2.76. The van der Waals surface area contributed by atoms with Gasteiger partial charge in [-0.15, -0.1) is 0 Å². The van der Waals surface area contributed by atoms with Crippen molar-refractivity contribution in [2.45, 2.75) is 12.6 Å². The van der Waals surface area contributed by atoms with Crippen molar-refractivity contribution >= 4 is 33.5 Å². The molecule has 0 radical (unpaired) electrons. The lowest BCUT2D eigenvalue weighted by molar-refractivity contribution is -0.137. The van der Waals surface area contributed by atoms with Gasteiger partial charge in [0.1, 0.15) is 10.7 Å². The number of nitrogens with one attached hydrogen (secondary N) is 2. The maximum absolute atomic E-state index is 13.2. The van der Waals surface area contributed by atoms with E-state index in [1.165, 1.54) is 0 Å². The average molecular weight is 367 g/mol. The molecule has 0 amide bonds. The van der Waals surface area contributed by atoms with Gasteiger partial charge in [-0.25, -0.2) is 9.98 Å². The van der Waals surface area contributed by atoms with Crippen LogP contribution in [0.1, 0.15) is 17.1 Å². The zero-order valence-electron chi connectivity index (χ0n) is 13.2. The third-order valence-electron chi connectivity index (χ3n) is 4.10. The number of aliphatic imine (C=N–C) groups is 1. The molecule has 0 bridgehead atoms. The van der Waals surface area contributed by atoms with Crippen LogP contribution in [0.3, 0.4) is 0 Å². The summed E-state index contributed by atoms with van der Waals surface area (Å²) in [7, 11) is 0. The third-order valence-corrected chi connectivity index (χ3v) is 5.12. The van der Waals surface area contributed by atoms with E-state index in [2.05, 4.69) is 20.6 Å². The van der Waals surface area contributed by atoms with Crippen LogP contribution in [0.15, 0.2) is 29.3 Å². The monoisotopic (exact) mass is 367 g/mol. The van der Waals surface area contributed by atoms with E-state index in [9.17, 15) is 13.2 Å². The van der Waals surface area contributed by atoms with Crippen molar-refractivity contribution in [1.82, 2.24) is 15.2 Å². The molecular formula is C16H16F3N5S. The third kappa shape index (κ3) is 3.21. The van der Waals surface area contributed by atoms with E-state index in [-0.39, 0.29) is 5.69 Å². The highest BCUT2D eigenvalue weighted by atomic mass is 32.1. The number of anilines is 2. The summed E-state index contributed by atoms with van der Waals surface area (Å²) in [6.07, 6.45) is -3.57. The minimum Gasteiger partial charge on any atom is -0.353 e. The standard InChI is InChI=1S/C16H16F3N5S/c17-16(18,19)15-23-12-13(24-8-3-6-20-7-9-24)21-10-4-1-2-5-11(10)22-14(12)25-15/h1-2,4-5,20,22H,3,6-9H2. The van der Waals surface area contributed by atoms with Gasteiger partial charge in [-0.2, -0.15) is 13.2 Å². The van der Waals surface area contributed by atoms with Crippen molar-refractivity contribution in [2.24, 2.45) is 4.99 Å². The fraction of sp³-hybridized carbons (Fsp3) is 0.375. The molecule has 1 fully saturated rings. The molecule has 2 aliphatic rings. The van der Waals surface area contributed by atoms with Gasteiger partial charge >= 0.3 is 6.18 Å². The molecule has 25 heavy (non-hydrogen) atoms. The van der Waals surface area contributed by atoms with Crippen LogP contribution in [0.5, 0.6) is 0 Å². The van der Waals surface area contributed by atoms with Crippen LogP contribution in [-0.4, -0.2) is 41.9 Å².